The number of nitrogens with zero attached hydrogens (tertiary/aromatic N) is 3. The van der Waals surface area contributed by atoms with Gasteiger partial charge in [-0.2, -0.15) is 31.4 Å². The van der Waals surface area contributed by atoms with Gasteiger partial charge in [-0.15, -0.1) is 0 Å². The van der Waals surface area contributed by atoms with Crippen LogP contribution >= 0.6 is 11.6 Å². The molecular weight excluding hydrogens is 466 g/mol. The molecule has 176 valence electrons. The quantitative estimate of drug-likeness (QED) is 0.519. The van der Waals surface area contributed by atoms with Crippen LogP contribution in [-0.4, -0.2) is 64.8 Å². The van der Waals surface area contributed by atoms with Gasteiger partial charge in [-0.3, -0.25) is 14.4 Å². The molecule has 0 radical (unpaired) electrons. The Morgan fingerprint density at radius 2 is 1.91 bits per heavy atom. The summed E-state index contributed by atoms with van der Waals surface area (Å²) in [5.74, 6) is -1.61. The summed E-state index contributed by atoms with van der Waals surface area (Å²) in [5, 5.41) is 7.58. The third kappa shape index (κ3) is 5.54. The summed E-state index contributed by atoms with van der Waals surface area (Å²) in [7, 11) is 1.66. The molecular formula is C19H19ClF6N4O2. The van der Waals surface area contributed by atoms with E-state index in [-0.39, 0.29) is 19.6 Å². The first-order chi connectivity index (χ1) is 14.9. The summed E-state index contributed by atoms with van der Waals surface area (Å²) >= 11 is 6.24. The Morgan fingerprint density at radius 3 is 2.53 bits per heavy atom. The van der Waals surface area contributed by atoms with E-state index in [0.29, 0.717) is 28.4 Å². The fourth-order valence-electron chi connectivity index (χ4n) is 3.43. The lowest BCUT2D eigenvalue weighted by Crippen LogP contribution is -2.57. The van der Waals surface area contributed by atoms with Crippen LogP contribution in [0.5, 0.6) is 0 Å². The minimum Gasteiger partial charge on any atom is -0.442 e. The largest absolute Gasteiger partial charge is 0.442 e. The summed E-state index contributed by atoms with van der Waals surface area (Å²) in [4.78, 5) is 13.8. The van der Waals surface area contributed by atoms with E-state index < -0.39 is 30.5 Å². The summed E-state index contributed by atoms with van der Waals surface area (Å²) in [6, 6.07) is 5.52. The van der Waals surface area contributed by atoms with Crippen molar-refractivity contribution < 1.29 is 35.9 Å². The highest BCUT2D eigenvalue weighted by atomic mass is 35.5. The average Bonchev–Trinajstić information content (AvgIpc) is 3.05. The number of carbonyl (C=O) groups excluding carboxylic acids is 1. The van der Waals surface area contributed by atoms with E-state index in [9.17, 15) is 31.1 Å². The Hall–Kier alpha value is -2.31. The number of hydrogen-bond donors (Lipinski definition) is 1. The number of aromatic nitrogens is 2. The van der Waals surface area contributed by atoms with Crippen molar-refractivity contribution in [2.75, 3.05) is 19.6 Å². The lowest BCUT2D eigenvalue weighted by Gasteiger charge is -2.35. The first kappa shape index (κ1) is 24.3. The van der Waals surface area contributed by atoms with Crippen LogP contribution in [-0.2, 0) is 23.1 Å². The molecule has 1 fully saturated rings. The minimum absolute atomic E-state index is 0.0402. The van der Waals surface area contributed by atoms with E-state index in [0.717, 1.165) is 0 Å². The number of aryl methyl sites for hydroxylation is 1. The molecule has 0 aliphatic carbocycles. The third-order valence-electron chi connectivity index (χ3n) is 4.86. The molecule has 13 heteroatoms. The van der Waals surface area contributed by atoms with Gasteiger partial charge >= 0.3 is 18.3 Å². The third-order valence-corrected chi connectivity index (χ3v) is 5.19. The van der Waals surface area contributed by atoms with Crippen LogP contribution in [0.25, 0.3) is 11.3 Å². The van der Waals surface area contributed by atoms with Gasteiger partial charge in [0.05, 0.1) is 10.7 Å². The molecule has 1 aliphatic heterocycles. The zero-order chi connectivity index (χ0) is 23.7. The highest BCUT2D eigenvalue weighted by Gasteiger charge is 2.60. The summed E-state index contributed by atoms with van der Waals surface area (Å²) < 4.78 is 82.3. The number of piperazine rings is 1. The maximum absolute atomic E-state index is 12.8. The molecule has 1 aromatic heterocycles. The smallest absolute Gasteiger partial charge is 0.434 e. The number of hydrogen-bond acceptors (Lipinski definition) is 5. The SMILES string of the molecule is Cn1cc(CN2CCNCC2C(=O)OC(C(F)(F)F)C(F)(F)F)c(-c2ccccc2Cl)n1. The second kappa shape index (κ2) is 9.28. The first-order valence-corrected chi connectivity index (χ1v) is 9.82. The van der Waals surface area contributed by atoms with Gasteiger partial charge in [0, 0.05) is 50.6 Å². The van der Waals surface area contributed by atoms with Gasteiger partial charge in [0.2, 0.25) is 0 Å². The molecule has 0 amide bonds. The van der Waals surface area contributed by atoms with Crippen LogP contribution in [0, 0.1) is 0 Å². The normalized spacial score (nSPS) is 18.2. The predicted octanol–water partition coefficient (Wildman–Crippen LogP) is 3.55. The Labute approximate surface area is 184 Å². The van der Waals surface area contributed by atoms with Gasteiger partial charge in [0.25, 0.3) is 6.10 Å². The van der Waals surface area contributed by atoms with Crippen molar-refractivity contribution in [3.8, 4) is 11.3 Å². The van der Waals surface area contributed by atoms with Crippen molar-refractivity contribution in [2.24, 2.45) is 7.05 Å². The van der Waals surface area contributed by atoms with Gasteiger partial charge in [-0.05, 0) is 6.07 Å². The molecule has 2 aromatic rings. The van der Waals surface area contributed by atoms with Crippen LogP contribution in [0.4, 0.5) is 26.3 Å². The Balaban J connectivity index is 1.84. The predicted molar refractivity (Wildman–Crippen MR) is 103 cm³/mol. The van der Waals surface area contributed by atoms with Crippen molar-refractivity contribution in [1.82, 2.24) is 20.0 Å². The molecule has 3 rings (SSSR count). The van der Waals surface area contributed by atoms with E-state index >= 15 is 0 Å². The number of nitrogens with one attached hydrogen (secondary N) is 1. The van der Waals surface area contributed by atoms with Crippen molar-refractivity contribution >= 4 is 17.6 Å². The lowest BCUT2D eigenvalue weighted by atomic mass is 10.1. The monoisotopic (exact) mass is 484 g/mol. The highest BCUT2D eigenvalue weighted by molar-refractivity contribution is 6.33. The van der Waals surface area contributed by atoms with Crippen molar-refractivity contribution in [3.05, 3.63) is 41.0 Å². The number of halogens is 7. The van der Waals surface area contributed by atoms with E-state index in [4.69, 9.17) is 11.6 Å². The lowest BCUT2D eigenvalue weighted by molar-refractivity contribution is -0.314. The van der Waals surface area contributed by atoms with E-state index in [2.05, 4.69) is 15.2 Å². The van der Waals surface area contributed by atoms with Gasteiger partial charge in [0.1, 0.15) is 6.04 Å². The number of ether oxygens (including phenoxy) is 1. The number of esters is 1. The molecule has 0 bridgehead atoms. The zero-order valence-corrected chi connectivity index (χ0v) is 17.4. The van der Waals surface area contributed by atoms with Crippen LogP contribution in [0.1, 0.15) is 5.56 Å². The first-order valence-electron chi connectivity index (χ1n) is 9.44. The number of benzene rings is 1. The summed E-state index contributed by atoms with van der Waals surface area (Å²) in [5.41, 5.74) is 1.70. The topological polar surface area (TPSA) is 59.4 Å². The Kier molecular flexibility index (Phi) is 7.06. The zero-order valence-electron chi connectivity index (χ0n) is 16.7. The average molecular weight is 485 g/mol. The Morgan fingerprint density at radius 1 is 1.25 bits per heavy atom. The number of rotatable bonds is 5. The van der Waals surface area contributed by atoms with Crippen LogP contribution < -0.4 is 5.32 Å². The molecule has 0 spiro atoms. The maximum atomic E-state index is 12.8. The van der Waals surface area contributed by atoms with E-state index in [1.165, 1.54) is 9.58 Å². The molecule has 1 saturated heterocycles. The molecule has 1 unspecified atom stereocenters. The molecule has 6 nitrogen and oxygen atoms in total. The standard InChI is InChI=1S/C19H19ClF6N4O2/c1-29-9-11(15(28-29)12-4-2-3-5-13(12)20)10-30-7-6-27-8-14(30)16(31)32-17(18(21,22)23)19(24,25)26/h2-5,9,14,17,27H,6-8,10H2,1H3. The summed E-state index contributed by atoms with van der Waals surface area (Å²) in [6.07, 6.45) is -14.1. The summed E-state index contributed by atoms with van der Waals surface area (Å²) in [6.45, 7) is 0.453. The van der Waals surface area contributed by atoms with E-state index in [1.807, 2.05) is 0 Å². The van der Waals surface area contributed by atoms with Crippen LogP contribution in [0.15, 0.2) is 30.5 Å². The van der Waals surface area contributed by atoms with Crippen molar-refractivity contribution in [3.63, 3.8) is 0 Å². The molecule has 1 aliphatic rings. The minimum atomic E-state index is -5.78. The van der Waals surface area contributed by atoms with Gasteiger partial charge < -0.3 is 10.1 Å². The second-order valence-corrected chi connectivity index (χ2v) is 7.65. The maximum Gasteiger partial charge on any atom is 0.434 e. The van der Waals surface area contributed by atoms with E-state index in [1.54, 1.807) is 37.5 Å². The number of alkyl halides is 6. The van der Waals surface area contributed by atoms with Crippen molar-refractivity contribution in [1.29, 1.82) is 0 Å². The van der Waals surface area contributed by atoms with Gasteiger partial charge in [-0.25, -0.2) is 0 Å². The van der Waals surface area contributed by atoms with Crippen LogP contribution in [0.3, 0.4) is 0 Å². The molecule has 1 atom stereocenters. The highest BCUT2D eigenvalue weighted by Crippen LogP contribution is 2.36. The molecule has 0 saturated carbocycles. The molecule has 2 heterocycles. The fraction of sp³-hybridized carbons (Fsp3) is 0.474. The van der Waals surface area contributed by atoms with Crippen LogP contribution in [0.2, 0.25) is 5.02 Å². The molecule has 1 N–H and O–H groups in total. The second-order valence-electron chi connectivity index (χ2n) is 7.25. The number of carbonyl (C=O) groups is 1. The fourth-order valence-corrected chi connectivity index (χ4v) is 3.66. The Bertz CT molecular complexity index is 948. The van der Waals surface area contributed by atoms with Gasteiger partial charge in [-0.1, -0.05) is 29.8 Å². The van der Waals surface area contributed by atoms with Crippen molar-refractivity contribution in [2.45, 2.75) is 31.0 Å². The van der Waals surface area contributed by atoms with Gasteiger partial charge in [0.15, 0.2) is 0 Å². The molecule has 32 heavy (non-hydrogen) atoms. The molecule has 1 aromatic carbocycles.